The zero-order valence-corrected chi connectivity index (χ0v) is 18.1. The summed E-state index contributed by atoms with van der Waals surface area (Å²) in [4.78, 5) is 8.11. The van der Waals surface area contributed by atoms with Gasteiger partial charge in [-0.05, 0) is 25.5 Å². The summed E-state index contributed by atoms with van der Waals surface area (Å²) in [6.45, 7) is 9.00. The van der Waals surface area contributed by atoms with Gasteiger partial charge in [0.05, 0.1) is 6.61 Å². The van der Waals surface area contributed by atoms with Gasteiger partial charge in [-0.3, -0.25) is 4.99 Å². The summed E-state index contributed by atoms with van der Waals surface area (Å²) in [6.07, 6.45) is 1.19. The van der Waals surface area contributed by atoms with Crippen molar-refractivity contribution in [1.82, 2.24) is 10.2 Å². The first-order valence-corrected chi connectivity index (χ1v) is 9.36. The smallest absolute Gasteiger partial charge is 0.193 e. The third-order valence-electron chi connectivity index (χ3n) is 3.98. The Morgan fingerprint density at radius 3 is 2.83 bits per heavy atom. The van der Waals surface area contributed by atoms with Crippen LogP contribution in [0.4, 0.5) is 0 Å². The van der Waals surface area contributed by atoms with Crippen LogP contribution in [0, 0.1) is 5.92 Å². The molecule has 1 aliphatic heterocycles. The van der Waals surface area contributed by atoms with Gasteiger partial charge >= 0.3 is 0 Å². The van der Waals surface area contributed by atoms with Gasteiger partial charge in [0.2, 0.25) is 0 Å². The summed E-state index contributed by atoms with van der Waals surface area (Å²) in [5, 5.41) is 4.02. The van der Waals surface area contributed by atoms with Gasteiger partial charge in [-0.25, -0.2) is 0 Å². The van der Waals surface area contributed by atoms with E-state index in [1.165, 1.54) is 11.3 Å². The maximum atomic E-state index is 5.55. The molecule has 2 rings (SSSR count). The molecule has 0 spiro atoms. The fraction of sp³-hybridized carbons (Fsp3) is 0.611. The second-order valence-corrected chi connectivity index (χ2v) is 7.44. The fourth-order valence-corrected chi connectivity index (χ4v) is 3.73. The molecule has 4 nitrogen and oxygen atoms in total. The van der Waals surface area contributed by atoms with E-state index in [-0.39, 0.29) is 24.0 Å². The standard InChI is InChI=1S/C18H29N3OS.HI/c1-4-22-14-16-10-11-21(13-16)18(19-3)20-12-15(2)23-17-8-6-5-7-9-17;/h5-9,15-16H,4,10-14H2,1-3H3,(H,19,20);1H. The third-order valence-corrected chi connectivity index (χ3v) is 5.10. The second kappa shape index (κ2) is 12.0. The zero-order chi connectivity index (χ0) is 16.5. The average Bonchev–Trinajstić information content (AvgIpc) is 3.03. The van der Waals surface area contributed by atoms with E-state index in [9.17, 15) is 0 Å². The van der Waals surface area contributed by atoms with Crippen LogP contribution in [0.2, 0.25) is 0 Å². The van der Waals surface area contributed by atoms with Crippen molar-refractivity contribution in [1.29, 1.82) is 0 Å². The van der Waals surface area contributed by atoms with Crippen molar-refractivity contribution in [3.63, 3.8) is 0 Å². The predicted molar refractivity (Wildman–Crippen MR) is 115 cm³/mol. The minimum atomic E-state index is 0. The van der Waals surface area contributed by atoms with Gasteiger partial charge in [-0.15, -0.1) is 35.7 Å². The van der Waals surface area contributed by atoms with E-state index in [0.29, 0.717) is 11.2 Å². The lowest BCUT2D eigenvalue weighted by Crippen LogP contribution is -2.42. The van der Waals surface area contributed by atoms with Crippen LogP contribution in [0.3, 0.4) is 0 Å². The van der Waals surface area contributed by atoms with Gasteiger partial charge < -0.3 is 15.0 Å². The molecule has 0 bridgehead atoms. The van der Waals surface area contributed by atoms with E-state index >= 15 is 0 Å². The van der Waals surface area contributed by atoms with Gasteiger partial charge in [-0.1, -0.05) is 25.1 Å². The minimum Gasteiger partial charge on any atom is -0.381 e. The number of likely N-dealkylation sites (tertiary alicyclic amines) is 1. The van der Waals surface area contributed by atoms with Crippen LogP contribution in [0.25, 0.3) is 0 Å². The van der Waals surface area contributed by atoms with E-state index in [1.54, 1.807) is 0 Å². The van der Waals surface area contributed by atoms with Gasteiger partial charge in [0.25, 0.3) is 0 Å². The normalized spacial score (nSPS) is 19.0. The number of aliphatic imine (C=N–C) groups is 1. The molecule has 136 valence electrons. The Bertz CT molecular complexity index is 486. The number of halogens is 1. The Labute approximate surface area is 167 Å². The van der Waals surface area contributed by atoms with Crippen molar-refractivity contribution in [2.45, 2.75) is 30.4 Å². The van der Waals surface area contributed by atoms with Crippen LogP contribution in [0.5, 0.6) is 0 Å². The Morgan fingerprint density at radius 2 is 2.17 bits per heavy atom. The molecule has 24 heavy (non-hydrogen) atoms. The highest BCUT2D eigenvalue weighted by atomic mass is 127. The number of thioether (sulfide) groups is 1. The van der Waals surface area contributed by atoms with Gasteiger partial charge in [-0.2, -0.15) is 0 Å². The molecule has 1 saturated heterocycles. The molecular weight excluding hydrogens is 433 g/mol. The van der Waals surface area contributed by atoms with E-state index in [0.717, 1.165) is 38.8 Å². The van der Waals surface area contributed by atoms with Crippen molar-refractivity contribution < 1.29 is 4.74 Å². The van der Waals surface area contributed by atoms with E-state index in [4.69, 9.17) is 4.74 Å². The number of nitrogens with one attached hydrogen (secondary N) is 1. The molecule has 2 unspecified atom stereocenters. The van der Waals surface area contributed by atoms with E-state index < -0.39 is 0 Å². The van der Waals surface area contributed by atoms with Crippen LogP contribution in [-0.4, -0.2) is 56.0 Å². The molecule has 0 aromatic heterocycles. The van der Waals surface area contributed by atoms with Crippen molar-refractivity contribution in [3.05, 3.63) is 30.3 Å². The Kier molecular flexibility index (Phi) is 10.8. The maximum absolute atomic E-state index is 5.55. The molecule has 6 heteroatoms. The monoisotopic (exact) mass is 463 g/mol. The summed E-state index contributed by atoms with van der Waals surface area (Å²) in [5.74, 6) is 1.65. The summed E-state index contributed by atoms with van der Waals surface area (Å²) in [5.41, 5.74) is 0. The van der Waals surface area contributed by atoms with Crippen LogP contribution in [0.1, 0.15) is 20.3 Å². The van der Waals surface area contributed by atoms with Crippen molar-refractivity contribution in [2.24, 2.45) is 10.9 Å². The number of rotatable bonds is 7. The zero-order valence-electron chi connectivity index (χ0n) is 14.9. The SMILES string of the molecule is CCOCC1CCN(C(=NC)NCC(C)Sc2ccccc2)C1.I. The minimum absolute atomic E-state index is 0. The van der Waals surface area contributed by atoms with Crippen molar-refractivity contribution >= 4 is 41.7 Å². The highest BCUT2D eigenvalue weighted by Gasteiger charge is 2.25. The Balaban J connectivity index is 0.00000288. The van der Waals surface area contributed by atoms with Crippen LogP contribution >= 0.6 is 35.7 Å². The quantitative estimate of drug-likeness (QED) is 0.290. The lowest BCUT2D eigenvalue weighted by Gasteiger charge is -2.23. The predicted octanol–water partition coefficient (Wildman–Crippen LogP) is 3.72. The summed E-state index contributed by atoms with van der Waals surface area (Å²) >= 11 is 1.89. The highest BCUT2D eigenvalue weighted by Crippen LogP contribution is 2.22. The molecule has 0 radical (unpaired) electrons. The van der Waals surface area contributed by atoms with Crippen LogP contribution < -0.4 is 5.32 Å². The lowest BCUT2D eigenvalue weighted by molar-refractivity contribution is 0.114. The summed E-state index contributed by atoms with van der Waals surface area (Å²) < 4.78 is 5.55. The number of nitrogens with zero attached hydrogens (tertiary/aromatic N) is 2. The summed E-state index contributed by atoms with van der Waals surface area (Å²) in [6, 6.07) is 10.6. The molecule has 0 amide bonds. The Hall–Kier alpha value is -0.470. The van der Waals surface area contributed by atoms with Gasteiger partial charge in [0.1, 0.15) is 0 Å². The second-order valence-electron chi connectivity index (χ2n) is 5.93. The van der Waals surface area contributed by atoms with Gasteiger partial charge in [0.15, 0.2) is 5.96 Å². The maximum Gasteiger partial charge on any atom is 0.193 e. The molecule has 1 heterocycles. The first kappa shape index (κ1) is 21.6. The highest BCUT2D eigenvalue weighted by molar-refractivity contribution is 14.0. The fourth-order valence-electron chi connectivity index (χ4n) is 2.79. The number of hydrogen-bond donors (Lipinski definition) is 1. The molecule has 0 saturated carbocycles. The molecule has 1 N–H and O–H groups in total. The Morgan fingerprint density at radius 1 is 1.42 bits per heavy atom. The molecule has 1 aliphatic rings. The molecule has 1 aromatic carbocycles. The number of ether oxygens (including phenoxy) is 1. The van der Waals surface area contributed by atoms with Crippen molar-refractivity contribution in [3.8, 4) is 0 Å². The molecular formula is C18H30IN3OS. The summed E-state index contributed by atoms with van der Waals surface area (Å²) in [7, 11) is 1.87. The number of hydrogen-bond acceptors (Lipinski definition) is 3. The van der Waals surface area contributed by atoms with E-state index in [2.05, 4.69) is 59.4 Å². The lowest BCUT2D eigenvalue weighted by atomic mass is 10.1. The molecule has 1 aromatic rings. The third kappa shape index (κ3) is 7.19. The molecule has 1 fully saturated rings. The largest absolute Gasteiger partial charge is 0.381 e. The number of guanidine groups is 1. The molecule has 0 aliphatic carbocycles. The molecule has 2 atom stereocenters. The first-order chi connectivity index (χ1) is 11.2. The first-order valence-electron chi connectivity index (χ1n) is 8.48. The van der Waals surface area contributed by atoms with Gasteiger partial charge in [0, 0.05) is 49.4 Å². The van der Waals surface area contributed by atoms with Crippen molar-refractivity contribution in [2.75, 3.05) is 39.9 Å². The van der Waals surface area contributed by atoms with E-state index in [1.807, 2.05) is 18.8 Å². The topological polar surface area (TPSA) is 36.9 Å². The van der Waals surface area contributed by atoms with Crippen LogP contribution in [-0.2, 0) is 4.74 Å². The average molecular weight is 463 g/mol. The van der Waals surface area contributed by atoms with Crippen LogP contribution in [0.15, 0.2) is 40.2 Å². The number of benzene rings is 1.